The third-order valence-electron chi connectivity index (χ3n) is 2.50. The van der Waals surface area contributed by atoms with Gasteiger partial charge in [0.1, 0.15) is 0 Å². The first-order valence-corrected chi connectivity index (χ1v) is 7.29. The van der Waals surface area contributed by atoms with E-state index in [9.17, 15) is 26.8 Å². The van der Waals surface area contributed by atoms with Crippen LogP contribution >= 0.6 is 0 Å². The Morgan fingerprint density at radius 1 is 1.19 bits per heavy atom. The summed E-state index contributed by atoms with van der Waals surface area (Å²) < 4.78 is 67.7. The molecule has 1 heterocycles. The Morgan fingerprint density at radius 3 is 2.14 bits per heavy atom. The molecule has 1 aliphatic heterocycles. The summed E-state index contributed by atoms with van der Waals surface area (Å²) in [6.45, 7) is -0.700. The SMILES string of the molecule is O=C(CCC(=O)OCC(F)(F)S(=O)(=O)O)OCC1COC1. The number of ether oxygens (including phenoxy) is 3. The fourth-order valence-corrected chi connectivity index (χ4v) is 1.39. The van der Waals surface area contributed by atoms with Gasteiger partial charge in [-0.05, 0) is 0 Å². The van der Waals surface area contributed by atoms with Gasteiger partial charge in [-0.3, -0.25) is 14.1 Å². The molecule has 0 atom stereocenters. The number of carbonyl (C=O) groups is 2. The quantitative estimate of drug-likeness (QED) is 0.487. The Bertz CT molecular complexity index is 485. The van der Waals surface area contributed by atoms with Crippen LogP contribution in [0.5, 0.6) is 0 Å². The molecule has 8 nitrogen and oxygen atoms in total. The summed E-state index contributed by atoms with van der Waals surface area (Å²) in [6.07, 6.45) is -0.925. The molecule has 0 unspecified atom stereocenters. The summed E-state index contributed by atoms with van der Waals surface area (Å²) in [6, 6.07) is 0. The van der Waals surface area contributed by atoms with Crippen molar-refractivity contribution in [2.24, 2.45) is 5.92 Å². The van der Waals surface area contributed by atoms with E-state index in [0.717, 1.165) is 0 Å². The van der Waals surface area contributed by atoms with E-state index < -0.39 is 40.3 Å². The molecule has 0 saturated carbocycles. The molecule has 21 heavy (non-hydrogen) atoms. The minimum absolute atomic E-state index is 0.120. The summed E-state index contributed by atoms with van der Waals surface area (Å²) in [7, 11) is -5.66. The van der Waals surface area contributed by atoms with E-state index >= 15 is 0 Å². The first kappa shape index (κ1) is 17.7. The van der Waals surface area contributed by atoms with Gasteiger partial charge in [-0.15, -0.1) is 0 Å². The van der Waals surface area contributed by atoms with Crippen LogP contribution in [0, 0.1) is 5.92 Å². The highest BCUT2D eigenvalue weighted by Crippen LogP contribution is 2.20. The summed E-state index contributed by atoms with van der Waals surface area (Å²) >= 11 is 0. The number of alkyl halides is 2. The van der Waals surface area contributed by atoms with Gasteiger partial charge in [-0.25, -0.2) is 0 Å². The lowest BCUT2D eigenvalue weighted by Crippen LogP contribution is -2.34. The van der Waals surface area contributed by atoms with Crippen molar-refractivity contribution in [1.29, 1.82) is 0 Å². The van der Waals surface area contributed by atoms with Gasteiger partial charge in [-0.1, -0.05) is 0 Å². The van der Waals surface area contributed by atoms with Gasteiger partial charge >= 0.3 is 27.3 Å². The molecule has 0 aromatic rings. The highest BCUT2D eigenvalue weighted by atomic mass is 32.2. The van der Waals surface area contributed by atoms with Crippen LogP contribution in [0.3, 0.4) is 0 Å². The van der Waals surface area contributed by atoms with Crippen LogP contribution in [0.25, 0.3) is 0 Å². The van der Waals surface area contributed by atoms with E-state index in [1.54, 1.807) is 0 Å². The molecule has 1 aliphatic rings. The van der Waals surface area contributed by atoms with E-state index in [-0.39, 0.29) is 18.9 Å². The summed E-state index contributed by atoms with van der Waals surface area (Å²) in [5, 5.41) is -4.59. The fraction of sp³-hybridized carbons (Fsp3) is 0.800. The molecule has 1 saturated heterocycles. The Morgan fingerprint density at radius 2 is 1.71 bits per heavy atom. The Balaban J connectivity index is 2.19. The Kier molecular flexibility index (Phi) is 5.98. The number of carbonyl (C=O) groups excluding carboxylic acids is 2. The third-order valence-corrected chi connectivity index (χ3v) is 3.37. The molecule has 0 aromatic heterocycles. The van der Waals surface area contributed by atoms with Crippen molar-refractivity contribution in [1.82, 2.24) is 0 Å². The normalized spacial score (nSPS) is 16.1. The molecule has 0 spiro atoms. The smallest absolute Gasteiger partial charge is 0.402 e. The van der Waals surface area contributed by atoms with Gasteiger partial charge < -0.3 is 14.2 Å². The summed E-state index contributed by atoms with van der Waals surface area (Å²) in [5.41, 5.74) is 0. The molecule has 1 rings (SSSR count). The predicted molar refractivity (Wildman–Crippen MR) is 62.0 cm³/mol. The maximum Gasteiger partial charge on any atom is 0.402 e. The largest absolute Gasteiger partial charge is 0.465 e. The third kappa shape index (κ3) is 5.89. The van der Waals surface area contributed by atoms with Crippen LogP contribution in [0.1, 0.15) is 12.8 Å². The maximum absolute atomic E-state index is 12.7. The van der Waals surface area contributed by atoms with Crippen molar-refractivity contribution < 1.29 is 45.6 Å². The molecule has 11 heteroatoms. The standard InChI is InChI=1S/C10H14F2O8S/c11-10(12,21(15,16)17)6-20-9(14)2-1-8(13)19-5-7-3-18-4-7/h7H,1-6H2,(H,15,16,17). The second-order valence-corrected chi connectivity index (χ2v) is 5.91. The molecule has 0 aliphatic carbocycles. The van der Waals surface area contributed by atoms with E-state index in [2.05, 4.69) is 4.74 Å². The highest BCUT2D eigenvalue weighted by molar-refractivity contribution is 7.86. The fourth-order valence-electron chi connectivity index (χ4n) is 1.18. The Labute approximate surface area is 119 Å². The zero-order valence-electron chi connectivity index (χ0n) is 10.8. The Hall–Kier alpha value is -1.33. The molecule has 0 radical (unpaired) electrons. The average molecular weight is 332 g/mol. The van der Waals surface area contributed by atoms with Gasteiger partial charge in [0.05, 0.1) is 32.7 Å². The van der Waals surface area contributed by atoms with E-state index in [1.165, 1.54) is 0 Å². The molecule has 0 amide bonds. The maximum atomic E-state index is 12.7. The van der Waals surface area contributed by atoms with Crippen molar-refractivity contribution in [3.05, 3.63) is 0 Å². The number of halogens is 2. The first-order chi connectivity index (χ1) is 9.62. The van der Waals surface area contributed by atoms with Gasteiger partial charge in [0.15, 0.2) is 6.61 Å². The van der Waals surface area contributed by atoms with Crippen LogP contribution < -0.4 is 0 Å². The van der Waals surface area contributed by atoms with E-state index in [4.69, 9.17) is 14.0 Å². The summed E-state index contributed by atoms with van der Waals surface area (Å²) in [4.78, 5) is 22.3. The van der Waals surface area contributed by atoms with Crippen molar-refractivity contribution in [3.63, 3.8) is 0 Å². The van der Waals surface area contributed by atoms with Gasteiger partial charge in [-0.2, -0.15) is 17.2 Å². The molecule has 0 bridgehead atoms. The number of rotatable bonds is 8. The topological polar surface area (TPSA) is 116 Å². The second kappa shape index (κ2) is 7.09. The van der Waals surface area contributed by atoms with Crippen molar-refractivity contribution >= 4 is 22.1 Å². The minimum atomic E-state index is -5.66. The lowest BCUT2D eigenvalue weighted by molar-refractivity contribution is -0.156. The number of hydrogen-bond acceptors (Lipinski definition) is 7. The molecular weight excluding hydrogens is 318 g/mol. The zero-order valence-corrected chi connectivity index (χ0v) is 11.6. The second-order valence-electron chi connectivity index (χ2n) is 4.36. The minimum Gasteiger partial charge on any atom is -0.465 e. The lowest BCUT2D eigenvalue weighted by atomic mass is 10.1. The van der Waals surface area contributed by atoms with Crippen LogP contribution in [-0.4, -0.2) is 56.6 Å². The van der Waals surface area contributed by atoms with Crippen molar-refractivity contribution in [3.8, 4) is 0 Å². The number of hydrogen-bond donors (Lipinski definition) is 1. The van der Waals surface area contributed by atoms with Crippen molar-refractivity contribution in [2.75, 3.05) is 26.4 Å². The summed E-state index contributed by atoms with van der Waals surface area (Å²) in [5.74, 6) is -1.79. The molecule has 1 N–H and O–H groups in total. The first-order valence-electron chi connectivity index (χ1n) is 5.85. The average Bonchev–Trinajstić information content (AvgIpc) is 2.30. The van der Waals surface area contributed by atoms with E-state index in [1.807, 2.05) is 0 Å². The van der Waals surface area contributed by atoms with Crippen LogP contribution in [0.4, 0.5) is 8.78 Å². The monoisotopic (exact) mass is 332 g/mol. The number of esters is 2. The molecule has 122 valence electrons. The predicted octanol–water partition coefficient (Wildman–Crippen LogP) is -0.0200. The van der Waals surface area contributed by atoms with Crippen LogP contribution in [0.2, 0.25) is 0 Å². The highest BCUT2D eigenvalue weighted by Gasteiger charge is 2.45. The zero-order chi connectivity index (χ0) is 16.1. The molecule has 0 aromatic carbocycles. The lowest BCUT2D eigenvalue weighted by Gasteiger charge is -2.25. The molecular formula is C10H14F2O8S. The van der Waals surface area contributed by atoms with Crippen LogP contribution in [-0.2, 0) is 33.9 Å². The van der Waals surface area contributed by atoms with E-state index in [0.29, 0.717) is 13.2 Å². The van der Waals surface area contributed by atoms with Gasteiger partial charge in [0.2, 0.25) is 0 Å². The molecule has 1 fully saturated rings. The van der Waals surface area contributed by atoms with Gasteiger partial charge in [0.25, 0.3) is 0 Å². The van der Waals surface area contributed by atoms with Crippen molar-refractivity contribution in [2.45, 2.75) is 18.1 Å². The van der Waals surface area contributed by atoms with Crippen LogP contribution in [0.15, 0.2) is 0 Å². The van der Waals surface area contributed by atoms with Gasteiger partial charge in [0, 0.05) is 5.92 Å².